The van der Waals surface area contributed by atoms with Gasteiger partial charge in [-0.05, 0) is 63.4 Å². The van der Waals surface area contributed by atoms with E-state index in [0.29, 0.717) is 17.9 Å². The highest BCUT2D eigenvalue weighted by Crippen LogP contribution is 2.19. The summed E-state index contributed by atoms with van der Waals surface area (Å²) in [4.78, 5) is 7.03. The third kappa shape index (κ3) is 4.91. The van der Waals surface area contributed by atoms with Gasteiger partial charge in [-0.25, -0.2) is 0 Å². The number of piperidine rings is 1. The maximum absolute atomic E-state index is 5.98. The van der Waals surface area contributed by atoms with Crippen LogP contribution in [0, 0.1) is 5.92 Å². The van der Waals surface area contributed by atoms with Crippen molar-refractivity contribution in [2.45, 2.75) is 32.7 Å². The minimum absolute atomic E-state index is 0.479. The van der Waals surface area contributed by atoms with E-state index in [2.05, 4.69) is 29.1 Å². The molecule has 1 heterocycles. The first kappa shape index (κ1) is 16.6. The maximum atomic E-state index is 5.98. The van der Waals surface area contributed by atoms with Crippen LogP contribution >= 0.6 is 0 Å². The Hall–Kier alpha value is -1.75. The average Bonchev–Trinajstić information content (AvgIpc) is 2.54. The molecule has 5 heteroatoms. The molecule has 1 saturated heterocycles. The van der Waals surface area contributed by atoms with Crippen molar-refractivity contribution in [3.05, 3.63) is 24.3 Å². The quantitative estimate of drug-likeness (QED) is 0.648. The second-order valence-corrected chi connectivity index (χ2v) is 6.18. The van der Waals surface area contributed by atoms with Crippen LogP contribution in [0.4, 0.5) is 5.69 Å². The first-order valence-corrected chi connectivity index (χ1v) is 8.03. The van der Waals surface area contributed by atoms with Crippen molar-refractivity contribution in [3.63, 3.8) is 0 Å². The molecule has 3 N–H and O–H groups in total. The number of hydrogen-bond donors (Lipinski definition) is 2. The van der Waals surface area contributed by atoms with Gasteiger partial charge in [-0.1, -0.05) is 0 Å². The van der Waals surface area contributed by atoms with Crippen molar-refractivity contribution in [3.8, 4) is 5.75 Å². The number of aliphatic imine (C=N–C) groups is 1. The molecule has 22 heavy (non-hydrogen) atoms. The number of nitrogens with two attached hydrogens (primary N) is 1. The molecule has 0 saturated carbocycles. The first-order chi connectivity index (χ1) is 10.6. The summed E-state index contributed by atoms with van der Waals surface area (Å²) in [5.74, 6) is 1.91. The van der Waals surface area contributed by atoms with E-state index in [1.807, 2.05) is 24.3 Å². The molecule has 122 valence electrons. The van der Waals surface area contributed by atoms with E-state index in [9.17, 15) is 0 Å². The Bertz CT molecular complexity index is 484. The van der Waals surface area contributed by atoms with Crippen molar-refractivity contribution in [2.24, 2.45) is 16.6 Å². The Kier molecular flexibility index (Phi) is 6.07. The Morgan fingerprint density at radius 2 is 2.14 bits per heavy atom. The number of methoxy groups -OCH3 is 1. The molecule has 0 amide bonds. The Balaban J connectivity index is 1.83. The number of anilines is 1. The van der Waals surface area contributed by atoms with E-state index >= 15 is 0 Å². The van der Waals surface area contributed by atoms with Gasteiger partial charge in [-0.15, -0.1) is 0 Å². The van der Waals surface area contributed by atoms with Gasteiger partial charge < -0.3 is 20.7 Å². The second-order valence-electron chi connectivity index (χ2n) is 6.18. The molecule has 1 aliphatic heterocycles. The summed E-state index contributed by atoms with van der Waals surface area (Å²) < 4.78 is 5.14. The van der Waals surface area contributed by atoms with Gasteiger partial charge in [0, 0.05) is 24.8 Å². The van der Waals surface area contributed by atoms with Crippen LogP contribution in [0.25, 0.3) is 0 Å². The lowest BCUT2D eigenvalue weighted by Crippen LogP contribution is -2.41. The summed E-state index contributed by atoms with van der Waals surface area (Å²) in [6.45, 7) is 7.63. The largest absolute Gasteiger partial charge is 0.497 e. The maximum Gasteiger partial charge on any atom is 0.193 e. The molecule has 0 aliphatic carbocycles. The van der Waals surface area contributed by atoms with Crippen molar-refractivity contribution in [1.82, 2.24) is 4.90 Å². The lowest BCUT2D eigenvalue weighted by Gasteiger charge is -2.34. The van der Waals surface area contributed by atoms with Crippen LogP contribution in [-0.4, -0.2) is 43.6 Å². The van der Waals surface area contributed by atoms with Crippen molar-refractivity contribution in [1.29, 1.82) is 0 Å². The smallest absolute Gasteiger partial charge is 0.193 e. The van der Waals surface area contributed by atoms with Gasteiger partial charge in [0.1, 0.15) is 5.75 Å². The summed E-state index contributed by atoms with van der Waals surface area (Å²) in [5, 5.41) is 3.13. The SMILES string of the molecule is COc1ccc(NC(N)=NCC2CCCN(C(C)C)C2)cc1. The molecule has 0 radical (unpaired) electrons. The van der Waals surface area contributed by atoms with Gasteiger partial charge in [-0.2, -0.15) is 0 Å². The third-order valence-electron chi connectivity index (χ3n) is 4.16. The van der Waals surface area contributed by atoms with Crippen LogP contribution in [0.15, 0.2) is 29.3 Å². The molecule has 1 unspecified atom stereocenters. The lowest BCUT2D eigenvalue weighted by molar-refractivity contribution is 0.143. The highest BCUT2D eigenvalue weighted by molar-refractivity contribution is 5.92. The fourth-order valence-electron chi connectivity index (χ4n) is 2.80. The number of nitrogens with one attached hydrogen (secondary N) is 1. The molecular weight excluding hydrogens is 276 g/mol. The monoisotopic (exact) mass is 304 g/mol. The van der Waals surface area contributed by atoms with Gasteiger partial charge in [0.05, 0.1) is 7.11 Å². The van der Waals surface area contributed by atoms with Crippen molar-refractivity contribution in [2.75, 3.05) is 32.1 Å². The molecule has 1 aromatic carbocycles. The molecule has 0 spiro atoms. The normalized spacial score (nSPS) is 20.2. The third-order valence-corrected chi connectivity index (χ3v) is 4.16. The van der Waals surface area contributed by atoms with Crippen LogP contribution in [-0.2, 0) is 0 Å². The fraction of sp³-hybridized carbons (Fsp3) is 0.588. The van der Waals surface area contributed by atoms with Gasteiger partial charge >= 0.3 is 0 Å². The fourth-order valence-corrected chi connectivity index (χ4v) is 2.80. The summed E-state index contributed by atoms with van der Waals surface area (Å²) in [6.07, 6.45) is 2.49. The topological polar surface area (TPSA) is 62.9 Å². The van der Waals surface area contributed by atoms with Gasteiger partial charge in [0.25, 0.3) is 0 Å². The molecule has 0 bridgehead atoms. The molecule has 1 fully saturated rings. The molecule has 1 aliphatic rings. The highest BCUT2D eigenvalue weighted by atomic mass is 16.5. The number of nitrogens with zero attached hydrogens (tertiary/aromatic N) is 2. The Morgan fingerprint density at radius 1 is 1.41 bits per heavy atom. The Morgan fingerprint density at radius 3 is 2.77 bits per heavy atom. The zero-order valence-electron chi connectivity index (χ0n) is 13.9. The Labute approximate surface area is 133 Å². The molecule has 2 rings (SSSR count). The minimum Gasteiger partial charge on any atom is -0.497 e. The second kappa shape index (κ2) is 8.03. The summed E-state index contributed by atoms with van der Waals surface area (Å²) in [6, 6.07) is 8.28. The van der Waals surface area contributed by atoms with Crippen LogP contribution in [0.3, 0.4) is 0 Å². The van der Waals surface area contributed by atoms with E-state index in [-0.39, 0.29) is 0 Å². The number of ether oxygens (including phenoxy) is 1. The summed E-state index contributed by atoms with van der Waals surface area (Å²) in [7, 11) is 1.66. The van der Waals surface area contributed by atoms with Gasteiger partial charge in [-0.3, -0.25) is 4.99 Å². The molecule has 1 aromatic rings. The molecule has 5 nitrogen and oxygen atoms in total. The van der Waals surface area contributed by atoms with E-state index in [4.69, 9.17) is 10.5 Å². The van der Waals surface area contributed by atoms with E-state index in [1.54, 1.807) is 7.11 Å². The van der Waals surface area contributed by atoms with Gasteiger partial charge in [0.2, 0.25) is 0 Å². The van der Waals surface area contributed by atoms with E-state index in [1.165, 1.54) is 19.4 Å². The lowest BCUT2D eigenvalue weighted by atomic mass is 9.97. The number of rotatable bonds is 5. The van der Waals surface area contributed by atoms with Crippen LogP contribution < -0.4 is 15.8 Å². The predicted octanol–water partition coefficient (Wildman–Crippen LogP) is 2.54. The molecule has 1 atom stereocenters. The first-order valence-electron chi connectivity index (χ1n) is 8.03. The number of likely N-dealkylation sites (tertiary alicyclic amines) is 1. The standard InChI is InChI=1S/C17H28N4O/c1-13(2)21-10-4-5-14(12-21)11-19-17(18)20-15-6-8-16(22-3)9-7-15/h6-9,13-14H,4-5,10-12H2,1-3H3,(H3,18,19,20). The predicted molar refractivity (Wildman–Crippen MR) is 92.5 cm³/mol. The summed E-state index contributed by atoms with van der Waals surface area (Å²) in [5.41, 5.74) is 6.91. The highest BCUT2D eigenvalue weighted by Gasteiger charge is 2.21. The van der Waals surface area contributed by atoms with E-state index < -0.39 is 0 Å². The van der Waals surface area contributed by atoms with Crippen LogP contribution in [0.1, 0.15) is 26.7 Å². The van der Waals surface area contributed by atoms with Gasteiger partial charge in [0.15, 0.2) is 5.96 Å². The molecular formula is C17H28N4O. The number of hydrogen-bond acceptors (Lipinski definition) is 3. The van der Waals surface area contributed by atoms with Crippen molar-refractivity contribution >= 4 is 11.6 Å². The van der Waals surface area contributed by atoms with Crippen molar-refractivity contribution < 1.29 is 4.74 Å². The molecule has 0 aromatic heterocycles. The van der Waals surface area contributed by atoms with Crippen LogP contribution in [0.2, 0.25) is 0 Å². The zero-order chi connectivity index (χ0) is 15.9. The number of benzene rings is 1. The number of guanidine groups is 1. The van der Waals surface area contributed by atoms with E-state index in [0.717, 1.165) is 24.5 Å². The zero-order valence-corrected chi connectivity index (χ0v) is 13.9. The summed E-state index contributed by atoms with van der Waals surface area (Å²) >= 11 is 0. The minimum atomic E-state index is 0.479. The average molecular weight is 304 g/mol. The van der Waals surface area contributed by atoms with Crippen LogP contribution in [0.5, 0.6) is 5.75 Å².